The highest BCUT2D eigenvalue weighted by molar-refractivity contribution is 6.30. The summed E-state index contributed by atoms with van der Waals surface area (Å²) in [6.07, 6.45) is 0.175. The summed E-state index contributed by atoms with van der Waals surface area (Å²) in [5, 5.41) is 22.0. The maximum absolute atomic E-state index is 9.74. The zero-order valence-electron chi connectivity index (χ0n) is 8.49. The van der Waals surface area contributed by atoms with Crippen LogP contribution in [0.1, 0.15) is 18.1 Å². The topological polar surface area (TPSA) is 52.5 Å². The molecule has 0 aromatic heterocycles. The van der Waals surface area contributed by atoms with Crippen molar-refractivity contribution in [3.8, 4) is 0 Å². The zero-order valence-corrected chi connectivity index (χ0v) is 9.24. The first-order valence-corrected chi connectivity index (χ1v) is 5.37. The lowest BCUT2D eigenvalue weighted by atomic mass is 10.1. The Bertz CT molecular complexity index is 276. The molecular weight excluding hydrogens is 214 g/mol. The molecule has 15 heavy (non-hydrogen) atoms. The third-order valence-corrected chi connectivity index (χ3v) is 2.36. The van der Waals surface area contributed by atoms with Crippen LogP contribution in [0.5, 0.6) is 0 Å². The first-order chi connectivity index (χ1) is 7.24. The Balaban J connectivity index is 2.33. The summed E-state index contributed by atoms with van der Waals surface area (Å²) in [5.41, 5.74) is 0.843. The maximum Gasteiger partial charge on any atom is 0.0914 e. The van der Waals surface area contributed by atoms with Gasteiger partial charge in [-0.15, -0.1) is 0 Å². The number of aliphatic hydroxyl groups excluding tert-OH is 2. The molecule has 0 saturated carbocycles. The molecule has 1 aromatic rings. The molecule has 0 aliphatic rings. The van der Waals surface area contributed by atoms with Gasteiger partial charge in [-0.3, -0.25) is 0 Å². The van der Waals surface area contributed by atoms with Gasteiger partial charge >= 0.3 is 0 Å². The van der Waals surface area contributed by atoms with Gasteiger partial charge in [0.05, 0.1) is 6.10 Å². The number of rotatable bonds is 6. The van der Waals surface area contributed by atoms with Crippen molar-refractivity contribution in [3.63, 3.8) is 0 Å². The van der Waals surface area contributed by atoms with Crippen molar-refractivity contribution in [1.29, 1.82) is 0 Å². The van der Waals surface area contributed by atoms with E-state index >= 15 is 0 Å². The van der Waals surface area contributed by atoms with E-state index in [9.17, 15) is 5.11 Å². The van der Waals surface area contributed by atoms with Crippen LogP contribution < -0.4 is 5.32 Å². The molecule has 3 nitrogen and oxygen atoms in total. The van der Waals surface area contributed by atoms with Gasteiger partial charge in [0.1, 0.15) is 0 Å². The maximum atomic E-state index is 9.74. The Kier molecular flexibility index (Phi) is 5.65. The van der Waals surface area contributed by atoms with E-state index < -0.39 is 6.10 Å². The molecule has 84 valence electrons. The smallest absolute Gasteiger partial charge is 0.0914 e. The average Bonchev–Trinajstić information content (AvgIpc) is 2.25. The quantitative estimate of drug-likeness (QED) is 0.646. The normalized spacial score (nSPS) is 12.7. The summed E-state index contributed by atoms with van der Waals surface area (Å²) < 4.78 is 0. The van der Waals surface area contributed by atoms with Gasteiger partial charge in [0.2, 0.25) is 0 Å². The van der Waals surface area contributed by atoms with Crippen LogP contribution in [0.3, 0.4) is 0 Å². The second-order valence-electron chi connectivity index (χ2n) is 3.35. The van der Waals surface area contributed by atoms with Gasteiger partial charge in [-0.05, 0) is 30.7 Å². The van der Waals surface area contributed by atoms with E-state index in [0.717, 1.165) is 5.56 Å². The standard InChI is InChI=1S/C11H16ClNO2/c12-10-4-2-9(3-5-10)11(15)8-13-6-1-7-14/h2-5,11,13-15H,1,6-8H2/t11-/m0/s1. The largest absolute Gasteiger partial charge is 0.396 e. The fourth-order valence-corrected chi connectivity index (χ4v) is 1.37. The molecule has 0 heterocycles. The van der Waals surface area contributed by atoms with Gasteiger partial charge in [0, 0.05) is 18.2 Å². The minimum atomic E-state index is -0.527. The second-order valence-corrected chi connectivity index (χ2v) is 3.79. The Morgan fingerprint density at radius 2 is 1.93 bits per heavy atom. The Morgan fingerprint density at radius 1 is 1.27 bits per heavy atom. The van der Waals surface area contributed by atoms with Crippen LogP contribution in [-0.4, -0.2) is 29.9 Å². The van der Waals surface area contributed by atoms with Gasteiger partial charge in [0.15, 0.2) is 0 Å². The summed E-state index contributed by atoms with van der Waals surface area (Å²) in [6, 6.07) is 7.13. The van der Waals surface area contributed by atoms with Crippen LogP contribution >= 0.6 is 11.6 Å². The van der Waals surface area contributed by atoms with E-state index in [2.05, 4.69) is 5.32 Å². The molecule has 3 N–H and O–H groups in total. The fourth-order valence-electron chi connectivity index (χ4n) is 1.25. The van der Waals surface area contributed by atoms with E-state index in [1.54, 1.807) is 24.3 Å². The van der Waals surface area contributed by atoms with Gasteiger partial charge < -0.3 is 15.5 Å². The van der Waals surface area contributed by atoms with Crippen molar-refractivity contribution >= 4 is 11.6 Å². The third-order valence-electron chi connectivity index (χ3n) is 2.10. The molecule has 1 atom stereocenters. The first-order valence-electron chi connectivity index (χ1n) is 4.99. The number of nitrogens with one attached hydrogen (secondary N) is 1. The molecule has 4 heteroatoms. The highest BCUT2D eigenvalue weighted by Crippen LogP contribution is 2.15. The molecule has 0 aliphatic carbocycles. The lowest BCUT2D eigenvalue weighted by Crippen LogP contribution is -2.23. The molecule has 0 amide bonds. The Hall–Kier alpha value is -0.610. The van der Waals surface area contributed by atoms with Crippen molar-refractivity contribution in [1.82, 2.24) is 5.32 Å². The molecule has 0 spiro atoms. The van der Waals surface area contributed by atoms with E-state index in [-0.39, 0.29) is 6.61 Å². The highest BCUT2D eigenvalue weighted by Gasteiger charge is 2.05. The molecule has 1 aromatic carbocycles. The fraction of sp³-hybridized carbons (Fsp3) is 0.455. The SMILES string of the molecule is OCCCNC[C@H](O)c1ccc(Cl)cc1. The van der Waals surface area contributed by atoms with Crippen molar-refractivity contribution in [2.45, 2.75) is 12.5 Å². The number of benzene rings is 1. The lowest BCUT2D eigenvalue weighted by molar-refractivity contribution is 0.173. The molecule has 0 radical (unpaired) electrons. The first kappa shape index (κ1) is 12.5. The number of aliphatic hydroxyl groups is 2. The van der Waals surface area contributed by atoms with Crippen LogP contribution in [0.15, 0.2) is 24.3 Å². The number of hydrogen-bond donors (Lipinski definition) is 3. The predicted octanol–water partition coefficient (Wildman–Crippen LogP) is 1.35. The molecule has 0 fully saturated rings. The van der Waals surface area contributed by atoms with Crippen LogP contribution in [0.4, 0.5) is 0 Å². The van der Waals surface area contributed by atoms with Crippen LogP contribution in [0.2, 0.25) is 5.02 Å². The molecule has 0 bridgehead atoms. The number of halogens is 1. The average molecular weight is 230 g/mol. The van der Waals surface area contributed by atoms with Crippen LogP contribution in [-0.2, 0) is 0 Å². The number of hydrogen-bond acceptors (Lipinski definition) is 3. The van der Waals surface area contributed by atoms with Crippen molar-refractivity contribution in [2.24, 2.45) is 0 Å². The second kappa shape index (κ2) is 6.80. The van der Waals surface area contributed by atoms with Gasteiger partial charge in [-0.2, -0.15) is 0 Å². The lowest BCUT2D eigenvalue weighted by Gasteiger charge is -2.11. The van der Waals surface area contributed by atoms with E-state index in [1.165, 1.54) is 0 Å². The van der Waals surface area contributed by atoms with E-state index in [1.807, 2.05) is 0 Å². The summed E-state index contributed by atoms with van der Waals surface area (Å²) in [5.74, 6) is 0. The van der Waals surface area contributed by atoms with Gasteiger partial charge in [-0.25, -0.2) is 0 Å². The van der Waals surface area contributed by atoms with E-state index in [0.29, 0.717) is 24.5 Å². The van der Waals surface area contributed by atoms with Crippen LogP contribution in [0.25, 0.3) is 0 Å². The van der Waals surface area contributed by atoms with Gasteiger partial charge in [0.25, 0.3) is 0 Å². The summed E-state index contributed by atoms with van der Waals surface area (Å²) in [7, 11) is 0. The molecular formula is C11H16ClNO2. The zero-order chi connectivity index (χ0) is 11.1. The van der Waals surface area contributed by atoms with Crippen LogP contribution in [0, 0.1) is 0 Å². The molecule has 1 rings (SSSR count). The highest BCUT2D eigenvalue weighted by atomic mass is 35.5. The van der Waals surface area contributed by atoms with Crippen molar-refractivity contribution in [2.75, 3.05) is 19.7 Å². The van der Waals surface area contributed by atoms with E-state index in [4.69, 9.17) is 16.7 Å². The van der Waals surface area contributed by atoms with Crippen molar-refractivity contribution < 1.29 is 10.2 Å². The third kappa shape index (κ3) is 4.62. The predicted molar refractivity (Wildman–Crippen MR) is 61.0 cm³/mol. The van der Waals surface area contributed by atoms with Gasteiger partial charge in [-0.1, -0.05) is 23.7 Å². The minimum Gasteiger partial charge on any atom is -0.396 e. The molecule has 0 unspecified atom stereocenters. The Labute approximate surface area is 94.7 Å². The summed E-state index contributed by atoms with van der Waals surface area (Å²) in [6.45, 7) is 1.37. The molecule has 0 aliphatic heterocycles. The summed E-state index contributed by atoms with van der Waals surface area (Å²) >= 11 is 5.74. The monoisotopic (exact) mass is 229 g/mol. The Morgan fingerprint density at radius 3 is 2.53 bits per heavy atom. The van der Waals surface area contributed by atoms with Crippen molar-refractivity contribution in [3.05, 3.63) is 34.9 Å². The summed E-state index contributed by atoms with van der Waals surface area (Å²) in [4.78, 5) is 0. The minimum absolute atomic E-state index is 0.171. The molecule has 0 saturated heterocycles.